The predicted octanol–water partition coefficient (Wildman–Crippen LogP) is 5.61. The van der Waals surface area contributed by atoms with E-state index in [1.54, 1.807) is 30.0 Å². The number of hydrogen-bond donors (Lipinski definition) is 1. The number of ether oxygens (including phenoxy) is 1. The minimum atomic E-state index is -4.46. The van der Waals surface area contributed by atoms with Crippen LogP contribution < -0.4 is 5.32 Å². The van der Waals surface area contributed by atoms with E-state index < -0.39 is 17.8 Å². The van der Waals surface area contributed by atoms with Gasteiger partial charge in [0, 0.05) is 17.5 Å². The van der Waals surface area contributed by atoms with E-state index in [2.05, 4.69) is 10.3 Å². The molecule has 1 fully saturated rings. The van der Waals surface area contributed by atoms with Crippen molar-refractivity contribution in [3.63, 3.8) is 0 Å². The topological polar surface area (TPSA) is 39.1 Å². The molecule has 4 rings (SSSR count). The third-order valence-electron chi connectivity index (χ3n) is 6.49. The first-order valence-corrected chi connectivity index (χ1v) is 10.9. The molecule has 8 heteroatoms. The molecule has 3 aromatic rings. The lowest BCUT2D eigenvalue weighted by Crippen LogP contribution is -2.43. The van der Waals surface area contributed by atoms with Crippen molar-refractivity contribution in [1.82, 2.24) is 14.9 Å². The Balaban J connectivity index is 1.66. The van der Waals surface area contributed by atoms with Crippen LogP contribution in [0.15, 0.2) is 42.7 Å². The van der Waals surface area contributed by atoms with Crippen molar-refractivity contribution in [3.05, 3.63) is 65.2 Å². The van der Waals surface area contributed by atoms with Gasteiger partial charge in [-0.25, -0.2) is 9.37 Å². The van der Waals surface area contributed by atoms with Crippen LogP contribution in [0.3, 0.4) is 0 Å². The van der Waals surface area contributed by atoms with E-state index >= 15 is 0 Å². The first-order chi connectivity index (χ1) is 15.2. The predicted molar refractivity (Wildman–Crippen MR) is 115 cm³/mol. The van der Waals surface area contributed by atoms with Crippen molar-refractivity contribution >= 4 is 11.0 Å². The van der Waals surface area contributed by atoms with Crippen molar-refractivity contribution in [2.24, 2.45) is 0 Å². The van der Waals surface area contributed by atoms with Gasteiger partial charge in [0.15, 0.2) is 0 Å². The minimum absolute atomic E-state index is 0.301. The van der Waals surface area contributed by atoms with Gasteiger partial charge in [-0.05, 0) is 69.6 Å². The first-order valence-electron chi connectivity index (χ1n) is 10.9. The molecular weight excluding hydrogens is 422 g/mol. The van der Waals surface area contributed by atoms with Crippen LogP contribution in [-0.2, 0) is 22.9 Å². The standard InChI is InChI=1S/C24H27F4N3O/c1-3-31-15-30-22-20(12-18(13-21(22)31)24(26,27)28)16(2)32-14-23(8-10-29-11-9-23)17-4-6-19(25)7-5-17/h4-7,12-13,15-16,29H,3,8-11,14H2,1-2H3. The third kappa shape index (κ3) is 4.38. The number of benzene rings is 2. The highest BCUT2D eigenvalue weighted by molar-refractivity contribution is 5.80. The Hall–Kier alpha value is -2.45. The van der Waals surface area contributed by atoms with Crippen LogP contribution in [0.1, 0.15) is 49.5 Å². The van der Waals surface area contributed by atoms with Crippen LogP contribution >= 0.6 is 0 Å². The number of imidazole rings is 1. The summed E-state index contributed by atoms with van der Waals surface area (Å²) in [6.45, 7) is 6.07. The number of piperidine rings is 1. The van der Waals surface area contributed by atoms with Gasteiger partial charge in [-0.15, -0.1) is 0 Å². The summed E-state index contributed by atoms with van der Waals surface area (Å²) in [6.07, 6.45) is -1.89. The van der Waals surface area contributed by atoms with Crippen LogP contribution in [0.25, 0.3) is 11.0 Å². The Morgan fingerprint density at radius 2 is 1.84 bits per heavy atom. The molecular formula is C24H27F4N3O. The second-order valence-electron chi connectivity index (χ2n) is 8.45. The maximum atomic E-state index is 13.6. The Labute approximate surface area is 184 Å². The fourth-order valence-corrected chi connectivity index (χ4v) is 4.52. The molecule has 32 heavy (non-hydrogen) atoms. The van der Waals surface area contributed by atoms with Crippen LogP contribution in [0, 0.1) is 5.82 Å². The lowest BCUT2D eigenvalue weighted by atomic mass is 9.74. The van der Waals surface area contributed by atoms with Crippen LogP contribution in [0.4, 0.5) is 17.6 Å². The number of hydrogen-bond acceptors (Lipinski definition) is 3. The number of aromatic nitrogens is 2. The summed E-state index contributed by atoms with van der Waals surface area (Å²) < 4.78 is 62.2. The summed E-state index contributed by atoms with van der Waals surface area (Å²) in [7, 11) is 0. The molecule has 1 N–H and O–H groups in total. The smallest absolute Gasteiger partial charge is 0.373 e. The number of alkyl halides is 3. The largest absolute Gasteiger partial charge is 0.416 e. The van der Waals surface area contributed by atoms with Crippen molar-refractivity contribution in [3.8, 4) is 0 Å². The van der Waals surface area contributed by atoms with Gasteiger partial charge in [0.05, 0.1) is 35.6 Å². The van der Waals surface area contributed by atoms with Crippen molar-refractivity contribution in [1.29, 1.82) is 0 Å². The molecule has 2 heterocycles. The van der Waals surface area contributed by atoms with Gasteiger partial charge < -0.3 is 14.6 Å². The van der Waals surface area contributed by atoms with Crippen molar-refractivity contribution < 1.29 is 22.3 Å². The van der Waals surface area contributed by atoms with Gasteiger partial charge in [-0.1, -0.05) is 12.1 Å². The zero-order chi connectivity index (χ0) is 22.9. The van der Waals surface area contributed by atoms with E-state index in [0.717, 1.165) is 43.6 Å². The minimum Gasteiger partial charge on any atom is -0.373 e. The Morgan fingerprint density at radius 1 is 1.16 bits per heavy atom. The molecule has 1 atom stereocenters. The second-order valence-corrected chi connectivity index (χ2v) is 8.45. The van der Waals surface area contributed by atoms with Crippen LogP contribution in [0.5, 0.6) is 0 Å². The SMILES string of the molecule is CCn1cnc2c(C(C)OCC3(c4ccc(F)cc4)CCNCC3)cc(C(F)(F)F)cc21. The fourth-order valence-electron chi connectivity index (χ4n) is 4.52. The average Bonchev–Trinajstić information content (AvgIpc) is 3.20. The van der Waals surface area contributed by atoms with Crippen LogP contribution in [0.2, 0.25) is 0 Å². The maximum Gasteiger partial charge on any atom is 0.416 e. The molecule has 1 aliphatic rings. The van der Waals surface area contributed by atoms with Gasteiger partial charge in [0.1, 0.15) is 5.82 Å². The van der Waals surface area contributed by atoms with Crippen LogP contribution in [-0.4, -0.2) is 29.2 Å². The number of aryl methyl sites for hydroxylation is 1. The Kier molecular flexibility index (Phi) is 6.27. The molecule has 4 nitrogen and oxygen atoms in total. The average molecular weight is 449 g/mol. The molecule has 2 aromatic carbocycles. The third-order valence-corrected chi connectivity index (χ3v) is 6.49. The van der Waals surface area contributed by atoms with E-state index in [4.69, 9.17) is 4.74 Å². The van der Waals surface area contributed by atoms with E-state index in [1.165, 1.54) is 12.1 Å². The van der Waals surface area contributed by atoms with Crippen molar-refractivity contribution in [2.45, 2.75) is 50.9 Å². The molecule has 0 spiro atoms. The number of nitrogens with zero attached hydrogens (tertiary/aromatic N) is 2. The summed E-state index contributed by atoms with van der Waals surface area (Å²) in [5.41, 5.74) is 1.34. The van der Waals surface area contributed by atoms with E-state index in [9.17, 15) is 17.6 Å². The number of rotatable bonds is 6. The Bertz CT molecular complexity index is 1070. The lowest BCUT2D eigenvalue weighted by Gasteiger charge is -2.38. The molecule has 0 amide bonds. The summed E-state index contributed by atoms with van der Waals surface area (Å²) in [6, 6.07) is 8.73. The summed E-state index contributed by atoms with van der Waals surface area (Å²) in [5, 5.41) is 3.33. The molecule has 0 bridgehead atoms. The monoisotopic (exact) mass is 449 g/mol. The molecule has 1 aromatic heterocycles. The normalized spacial score (nSPS) is 17.6. The van der Waals surface area contributed by atoms with Gasteiger partial charge in [-0.2, -0.15) is 13.2 Å². The zero-order valence-corrected chi connectivity index (χ0v) is 18.2. The van der Waals surface area contributed by atoms with Gasteiger partial charge in [0.25, 0.3) is 0 Å². The highest BCUT2D eigenvalue weighted by Crippen LogP contribution is 2.38. The van der Waals surface area contributed by atoms with Crippen molar-refractivity contribution in [2.75, 3.05) is 19.7 Å². The second kappa shape index (κ2) is 8.83. The van der Waals surface area contributed by atoms with Gasteiger partial charge >= 0.3 is 6.18 Å². The molecule has 0 saturated carbocycles. The first kappa shape index (κ1) is 22.7. The molecule has 1 unspecified atom stereocenters. The summed E-state index contributed by atoms with van der Waals surface area (Å²) >= 11 is 0. The maximum absolute atomic E-state index is 13.6. The number of halogens is 4. The van der Waals surface area contributed by atoms with E-state index in [-0.39, 0.29) is 11.2 Å². The summed E-state index contributed by atoms with van der Waals surface area (Å²) in [5.74, 6) is -0.301. The highest BCUT2D eigenvalue weighted by Gasteiger charge is 2.36. The molecule has 1 aliphatic heterocycles. The van der Waals surface area contributed by atoms with Gasteiger partial charge in [0.2, 0.25) is 0 Å². The summed E-state index contributed by atoms with van der Waals surface area (Å²) in [4.78, 5) is 4.38. The molecule has 0 aliphatic carbocycles. The number of nitrogens with one attached hydrogen (secondary N) is 1. The highest BCUT2D eigenvalue weighted by atomic mass is 19.4. The van der Waals surface area contributed by atoms with E-state index in [0.29, 0.717) is 29.7 Å². The van der Waals surface area contributed by atoms with E-state index in [1.807, 2.05) is 6.92 Å². The molecule has 1 saturated heterocycles. The fraction of sp³-hybridized carbons (Fsp3) is 0.458. The van der Waals surface area contributed by atoms with Gasteiger partial charge in [-0.3, -0.25) is 0 Å². The quantitative estimate of drug-likeness (QED) is 0.497. The lowest BCUT2D eigenvalue weighted by molar-refractivity contribution is -0.137. The molecule has 172 valence electrons. The Morgan fingerprint density at radius 3 is 2.47 bits per heavy atom. The zero-order valence-electron chi connectivity index (χ0n) is 18.2. The molecule has 0 radical (unpaired) electrons. The number of fused-ring (bicyclic) bond motifs is 1.